The molecule has 142 valence electrons. The van der Waals surface area contributed by atoms with Gasteiger partial charge in [0.1, 0.15) is 18.0 Å². The van der Waals surface area contributed by atoms with Crippen molar-refractivity contribution in [3.05, 3.63) is 36.0 Å². The van der Waals surface area contributed by atoms with Crippen molar-refractivity contribution >= 4 is 38.3 Å². The predicted octanol–water partition coefficient (Wildman–Crippen LogP) is 3.01. The lowest BCUT2D eigenvalue weighted by Crippen LogP contribution is -2.22. The number of hydrogen-bond donors (Lipinski definition) is 3. The molecule has 3 N–H and O–H groups in total. The molecule has 2 aromatic heterocycles. The zero-order valence-electron chi connectivity index (χ0n) is 13.8. The van der Waals surface area contributed by atoms with E-state index in [-0.39, 0.29) is 22.4 Å². The summed E-state index contributed by atoms with van der Waals surface area (Å²) in [4.78, 5) is 11.4. The molecule has 7 nitrogen and oxygen atoms in total. The molecular formula is C16H14F3N5O2S. The smallest absolute Gasteiger partial charge is 0.360 e. The standard InChI is InChI=1S/C16H14F3N5O2S/c17-16(18,19)8-21-14-11-3-5-20-13(11)23-15(24-14)22-10-2-1-9-4-6-27(25,26)12(9)7-10/h1-3,5,7H,4,6,8H2,(H3,20,21,22,23,24). The lowest BCUT2D eigenvalue weighted by atomic mass is 10.1. The number of nitrogens with zero attached hydrogens (tertiary/aromatic N) is 2. The monoisotopic (exact) mass is 397 g/mol. The molecule has 27 heavy (non-hydrogen) atoms. The summed E-state index contributed by atoms with van der Waals surface area (Å²) in [6.07, 6.45) is -2.38. The Bertz CT molecular complexity index is 1120. The van der Waals surface area contributed by atoms with Crippen molar-refractivity contribution in [2.24, 2.45) is 0 Å². The number of aryl methyl sites for hydroxylation is 1. The average molecular weight is 397 g/mol. The molecule has 1 aromatic carbocycles. The van der Waals surface area contributed by atoms with E-state index in [9.17, 15) is 21.6 Å². The molecule has 1 aliphatic rings. The zero-order valence-corrected chi connectivity index (χ0v) is 14.6. The van der Waals surface area contributed by atoms with Crippen LogP contribution in [-0.2, 0) is 16.3 Å². The van der Waals surface area contributed by atoms with Gasteiger partial charge in [-0.3, -0.25) is 0 Å². The number of sulfone groups is 1. The Labute approximate surface area is 151 Å². The number of H-pyrrole nitrogens is 1. The van der Waals surface area contributed by atoms with E-state index in [4.69, 9.17) is 0 Å². The number of aromatic amines is 1. The van der Waals surface area contributed by atoms with E-state index < -0.39 is 22.6 Å². The van der Waals surface area contributed by atoms with Crippen LogP contribution in [0.4, 0.5) is 30.6 Å². The predicted molar refractivity (Wildman–Crippen MR) is 93.9 cm³/mol. The summed E-state index contributed by atoms with van der Waals surface area (Å²) in [5, 5.41) is 5.54. The van der Waals surface area contributed by atoms with E-state index in [1.807, 2.05) is 0 Å². The van der Waals surface area contributed by atoms with Gasteiger partial charge in [0.15, 0.2) is 9.84 Å². The topological polar surface area (TPSA) is 99.8 Å². The second-order valence-corrected chi connectivity index (χ2v) is 8.20. The van der Waals surface area contributed by atoms with Crippen molar-refractivity contribution in [3.63, 3.8) is 0 Å². The average Bonchev–Trinajstić information content (AvgIpc) is 3.17. The maximum atomic E-state index is 12.5. The summed E-state index contributed by atoms with van der Waals surface area (Å²) in [5.74, 6) is 0.141. The molecule has 4 rings (SSSR count). The molecule has 0 saturated heterocycles. The first-order chi connectivity index (χ1) is 12.7. The van der Waals surface area contributed by atoms with Crippen LogP contribution in [0.25, 0.3) is 11.0 Å². The van der Waals surface area contributed by atoms with Crippen molar-refractivity contribution in [2.75, 3.05) is 22.9 Å². The number of hydrogen-bond acceptors (Lipinski definition) is 6. The fourth-order valence-corrected chi connectivity index (χ4v) is 4.51. The Morgan fingerprint density at radius 3 is 2.78 bits per heavy atom. The van der Waals surface area contributed by atoms with Gasteiger partial charge in [0.25, 0.3) is 0 Å². The molecule has 0 saturated carbocycles. The van der Waals surface area contributed by atoms with Crippen molar-refractivity contribution in [3.8, 4) is 0 Å². The highest BCUT2D eigenvalue weighted by Crippen LogP contribution is 2.30. The van der Waals surface area contributed by atoms with Crippen LogP contribution in [0.3, 0.4) is 0 Å². The highest BCUT2D eigenvalue weighted by atomic mass is 32.2. The summed E-state index contributed by atoms with van der Waals surface area (Å²) < 4.78 is 61.7. The molecule has 0 atom stereocenters. The van der Waals surface area contributed by atoms with Gasteiger partial charge in [-0.05, 0) is 30.2 Å². The number of benzene rings is 1. The minimum Gasteiger partial charge on any atom is -0.360 e. The fourth-order valence-electron chi connectivity index (χ4n) is 2.93. The Balaban J connectivity index is 1.67. The molecule has 0 amide bonds. The van der Waals surface area contributed by atoms with Gasteiger partial charge in [0.05, 0.1) is 16.0 Å². The molecule has 0 bridgehead atoms. The molecule has 0 unspecified atom stereocenters. The van der Waals surface area contributed by atoms with Gasteiger partial charge in [-0.1, -0.05) is 6.07 Å². The van der Waals surface area contributed by atoms with Gasteiger partial charge in [0.2, 0.25) is 5.95 Å². The highest BCUT2D eigenvalue weighted by Gasteiger charge is 2.28. The van der Waals surface area contributed by atoms with Gasteiger partial charge in [-0.25, -0.2) is 8.42 Å². The second-order valence-electron chi connectivity index (χ2n) is 6.12. The van der Waals surface area contributed by atoms with Crippen LogP contribution >= 0.6 is 0 Å². The van der Waals surface area contributed by atoms with Crippen LogP contribution in [0.5, 0.6) is 0 Å². The van der Waals surface area contributed by atoms with Gasteiger partial charge >= 0.3 is 6.18 Å². The third-order valence-electron chi connectivity index (χ3n) is 4.17. The summed E-state index contributed by atoms with van der Waals surface area (Å²) >= 11 is 0. The molecule has 3 aromatic rings. The Hall–Kier alpha value is -2.82. The fraction of sp³-hybridized carbons (Fsp3) is 0.250. The number of fused-ring (bicyclic) bond motifs is 2. The van der Waals surface area contributed by atoms with E-state index in [1.165, 1.54) is 6.07 Å². The van der Waals surface area contributed by atoms with Crippen molar-refractivity contribution in [2.45, 2.75) is 17.5 Å². The first-order valence-electron chi connectivity index (χ1n) is 8.00. The largest absolute Gasteiger partial charge is 0.405 e. The SMILES string of the molecule is O=S1(=O)CCc2ccc(Nc3nc(NCC(F)(F)F)c4cc[nH]c4n3)cc21. The van der Waals surface area contributed by atoms with Crippen LogP contribution in [0, 0.1) is 0 Å². The Morgan fingerprint density at radius 1 is 1.19 bits per heavy atom. The lowest BCUT2D eigenvalue weighted by molar-refractivity contribution is -0.115. The summed E-state index contributed by atoms with van der Waals surface area (Å²) in [5.41, 5.74) is 1.53. The molecular weight excluding hydrogens is 383 g/mol. The van der Waals surface area contributed by atoms with Crippen LogP contribution in [0.1, 0.15) is 5.56 Å². The Morgan fingerprint density at radius 2 is 2.00 bits per heavy atom. The second kappa shape index (κ2) is 6.12. The van der Waals surface area contributed by atoms with E-state index in [1.54, 1.807) is 24.4 Å². The van der Waals surface area contributed by atoms with Crippen LogP contribution in [0.15, 0.2) is 35.4 Å². The normalized spacial score (nSPS) is 15.7. The first-order valence-corrected chi connectivity index (χ1v) is 9.65. The molecule has 0 aliphatic carbocycles. The van der Waals surface area contributed by atoms with Gasteiger partial charge in [0, 0.05) is 11.9 Å². The first kappa shape index (κ1) is 17.6. The van der Waals surface area contributed by atoms with Gasteiger partial charge in [-0.15, -0.1) is 0 Å². The highest BCUT2D eigenvalue weighted by molar-refractivity contribution is 7.91. The number of aromatic nitrogens is 3. The molecule has 0 spiro atoms. The van der Waals surface area contributed by atoms with Crippen molar-refractivity contribution < 1.29 is 21.6 Å². The van der Waals surface area contributed by atoms with Crippen molar-refractivity contribution in [1.82, 2.24) is 15.0 Å². The van der Waals surface area contributed by atoms with E-state index >= 15 is 0 Å². The van der Waals surface area contributed by atoms with Crippen LogP contribution < -0.4 is 10.6 Å². The molecule has 11 heteroatoms. The number of rotatable bonds is 4. The molecule has 0 fully saturated rings. The van der Waals surface area contributed by atoms with E-state index in [2.05, 4.69) is 25.6 Å². The molecule has 3 heterocycles. The van der Waals surface area contributed by atoms with Crippen molar-refractivity contribution in [1.29, 1.82) is 0 Å². The summed E-state index contributed by atoms with van der Waals surface area (Å²) in [7, 11) is -3.30. The van der Waals surface area contributed by atoms with Gasteiger partial charge in [-0.2, -0.15) is 23.1 Å². The quantitative estimate of drug-likeness (QED) is 0.626. The van der Waals surface area contributed by atoms with Crippen LogP contribution in [0.2, 0.25) is 0 Å². The minimum atomic E-state index is -4.39. The zero-order chi connectivity index (χ0) is 19.2. The van der Waals surface area contributed by atoms with E-state index in [0.717, 1.165) is 5.56 Å². The van der Waals surface area contributed by atoms with Gasteiger partial charge < -0.3 is 15.6 Å². The summed E-state index contributed by atoms with van der Waals surface area (Å²) in [6, 6.07) is 6.45. The Kier molecular flexibility index (Phi) is 3.98. The maximum Gasteiger partial charge on any atom is 0.405 e. The maximum absolute atomic E-state index is 12.5. The number of anilines is 3. The summed E-state index contributed by atoms with van der Waals surface area (Å²) in [6.45, 7) is -1.24. The number of nitrogens with one attached hydrogen (secondary N) is 3. The molecule has 0 radical (unpaired) electrons. The minimum absolute atomic E-state index is 0.0230. The lowest BCUT2D eigenvalue weighted by Gasteiger charge is -2.12. The third-order valence-corrected chi connectivity index (χ3v) is 5.96. The third kappa shape index (κ3) is 3.54. The van der Waals surface area contributed by atoms with Crippen LogP contribution in [-0.4, -0.2) is 41.8 Å². The number of alkyl halides is 3. The number of halogens is 3. The van der Waals surface area contributed by atoms with E-state index in [0.29, 0.717) is 23.1 Å². The molecule has 1 aliphatic heterocycles.